The summed E-state index contributed by atoms with van der Waals surface area (Å²) >= 11 is 0. The summed E-state index contributed by atoms with van der Waals surface area (Å²) in [5.74, 6) is -5.86. The molecule has 22 heteroatoms. The molecule has 12 rings (SSSR count). The molecular formula is C43H47N7O12S3. The zero-order valence-corrected chi connectivity index (χ0v) is 37.7. The number of hydrogen-bond donors (Lipinski definition) is 2. The summed E-state index contributed by atoms with van der Waals surface area (Å²) < 4.78 is 104. The minimum absolute atomic E-state index is 0.0380. The fraction of sp³-hybridized carbons (Fsp3) is 0.581. The first kappa shape index (κ1) is 41.6. The van der Waals surface area contributed by atoms with E-state index in [1.165, 1.54) is 24.3 Å². The van der Waals surface area contributed by atoms with Gasteiger partial charge in [-0.25, -0.2) is 12.7 Å². The number of nitrogens with zero attached hydrogens (tertiary/aromatic N) is 5. The quantitative estimate of drug-likeness (QED) is 0.308. The second-order valence-corrected chi connectivity index (χ2v) is 24.3. The number of likely N-dealkylation sites (tertiary alicyclic amines) is 2. The highest BCUT2D eigenvalue weighted by molar-refractivity contribution is 7.92. The van der Waals surface area contributed by atoms with E-state index < -0.39 is 99.0 Å². The van der Waals surface area contributed by atoms with Crippen LogP contribution in [0.15, 0.2) is 55.0 Å². The highest BCUT2D eigenvalue weighted by atomic mass is 32.2. The van der Waals surface area contributed by atoms with Crippen molar-refractivity contribution in [3.8, 4) is 0 Å². The third kappa shape index (κ3) is 6.62. The van der Waals surface area contributed by atoms with Gasteiger partial charge in [0.15, 0.2) is 23.4 Å². The van der Waals surface area contributed by atoms with Gasteiger partial charge in [-0.2, -0.15) is 16.8 Å². The highest BCUT2D eigenvalue weighted by Crippen LogP contribution is 2.50. The first-order valence-electron chi connectivity index (χ1n) is 22.5. The molecule has 344 valence electrons. The van der Waals surface area contributed by atoms with E-state index in [0.29, 0.717) is 37.8 Å². The number of carbonyl (C=O) groups is 4. The third-order valence-corrected chi connectivity index (χ3v) is 19.0. The number of nitrogens with one attached hydrogen (secondary N) is 2. The summed E-state index contributed by atoms with van der Waals surface area (Å²) in [6, 6.07) is 6.52. The van der Waals surface area contributed by atoms with Crippen molar-refractivity contribution in [2.75, 3.05) is 34.3 Å². The van der Waals surface area contributed by atoms with Crippen molar-refractivity contribution in [1.29, 1.82) is 0 Å². The summed E-state index contributed by atoms with van der Waals surface area (Å²) in [5.41, 5.74) is -0.454. The highest BCUT2D eigenvalue weighted by Gasteiger charge is 2.63. The van der Waals surface area contributed by atoms with Gasteiger partial charge in [0.25, 0.3) is 20.0 Å². The second kappa shape index (κ2) is 14.4. The maximum atomic E-state index is 14.2. The van der Waals surface area contributed by atoms with E-state index in [2.05, 4.69) is 19.4 Å². The Labute approximate surface area is 375 Å². The number of Topliss-reactive ketones (excluding diaryl/α,β-unsaturated/α-hetero) is 2. The average Bonchev–Trinajstić information content (AvgIpc) is 4.06. The van der Waals surface area contributed by atoms with Gasteiger partial charge >= 0.3 is 0 Å². The first-order chi connectivity index (χ1) is 31.0. The predicted molar refractivity (Wildman–Crippen MR) is 232 cm³/mol. The second-order valence-electron chi connectivity index (χ2n) is 19.4. The molecule has 0 spiro atoms. The number of carbonyl (C=O) groups excluding carboxylic acids is 4. The molecule has 2 saturated carbocycles. The molecule has 2 N–H and O–H groups in total. The Balaban J connectivity index is 0.837. The molecular weight excluding hydrogens is 903 g/mol. The molecule has 10 unspecified atom stereocenters. The molecule has 10 atom stereocenters. The van der Waals surface area contributed by atoms with E-state index in [0.717, 1.165) is 74.1 Å². The van der Waals surface area contributed by atoms with Crippen LogP contribution in [0.3, 0.4) is 0 Å². The number of hydrogen-bond acceptors (Lipinski definition) is 14. The van der Waals surface area contributed by atoms with E-state index in [9.17, 15) is 44.4 Å². The van der Waals surface area contributed by atoms with E-state index in [1.54, 1.807) is 9.80 Å². The van der Waals surface area contributed by atoms with Crippen molar-refractivity contribution >= 4 is 87.9 Å². The molecule has 2 amide bonds. The fourth-order valence-electron chi connectivity index (χ4n) is 11.9. The number of amides is 2. The molecule has 2 aromatic carbocycles. The van der Waals surface area contributed by atoms with Crippen molar-refractivity contribution in [2.45, 2.75) is 110 Å². The zero-order chi connectivity index (χ0) is 45.1. The van der Waals surface area contributed by atoms with Gasteiger partial charge in [-0.3, -0.25) is 19.2 Å². The van der Waals surface area contributed by atoms with Crippen LogP contribution in [0.5, 0.6) is 0 Å². The summed E-state index contributed by atoms with van der Waals surface area (Å²) in [4.78, 5) is 59.1. The van der Waals surface area contributed by atoms with Crippen molar-refractivity contribution in [3.63, 3.8) is 0 Å². The lowest BCUT2D eigenvalue weighted by Gasteiger charge is -2.44. The molecule has 19 nitrogen and oxygen atoms in total. The normalized spacial score (nSPS) is 34.8. The molecule has 10 aliphatic rings. The van der Waals surface area contributed by atoms with E-state index >= 15 is 0 Å². The smallest absolute Gasteiger partial charge is 0.286 e. The standard InChI is InChI=1S/C43H47N7O12S3/c1-63(55,56)50(22-6-8-24-30(18-22)64(57,58)46-40(44-24)34-38(51)32-26-10-12-28(61-26)36(32)48(42(34)53)16-14-20-2-3-20)23-7-9-25-31(19-23)65(59,60)47-41(45-25)35-39(52)33-27-11-13-29(62-27)37(33)49(43(35)54)17-15-21-4-5-21/h6-9,18-21,26-29,32-37H,2-5,10-17H2,1H3,(H,44,46)(H,45,47). The number of fused-ring (bicyclic) bond motifs is 12. The van der Waals surface area contributed by atoms with Crippen molar-refractivity contribution in [1.82, 2.24) is 9.80 Å². The topological polar surface area (TPSA) is 248 Å². The average molecular weight is 950 g/mol. The number of ketones is 2. The molecule has 2 aliphatic carbocycles. The van der Waals surface area contributed by atoms with E-state index in [4.69, 9.17) is 9.47 Å². The molecule has 0 aromatic heterocycles. The van der Waals surface area contributed by atoms with Crippen LogP contribution in [0.25, 0.3) is 0 Å². The van der Waals surface area contributed by atoms with E-state index in [-0.39, 0.29) is 58.8 Å². The first-order valence-corrected chi connectivity index (χ1v) is 27.2. The van der Waals surface area contributed by atoms with Crippen LogP contribution in [0.2, 0.25) is 0 Å². The fourth-order valence-corrected chi connectivity index (χ4v) is 15.2. The van der Waals surface area contributed by atoms with Gasteiger partial charge in [0.05, 0.1) is 77.3 Å². The van der Waals surface area contributed by atoms with Gasteiger partial charge in [0.1, 0.15) is 21.5 Å². The Morgan fingerprint density at radius 2 is 1.03 bits per heavy atom. The number of rotatable bonds is 11. The largest absolute Gasteiger partial charge is 0.372 e. The van der Waals surface area contributed by atoms with Crippen molar-refractivity contribution in [2.24, 2.45) is 44.3 Å². The Morgan fingerprint density at radius 3 is 1.42 bits per heavy atom. The third-order valence-electron chi connectivity index (χ3n) is 15.2. The van der Waals surface area contributed by atoms with Gasteiger partial charge < -0.3 is 29.9 Å². The number of benzene rings is 2. The van der Waals surface area contributed by atoms with Gasteiger partial charge in [-0.05, 0) is 86.8 Å². The maximum Gasteiger partial charge on any atom is 0.286 e. The van der Waals surface area contributed by atoms with E-state index in [1.807, 2.05) is 0 Å². The Morgan fingerprint density at radius 1 is 0.631 bits per heavy atom. The lowest BCUT2D eigenvalue weighted by atomic mass is 9.73. The summed E-state index contributed by atoms with van der Waals surface area (Å²) in [5, 5.41) is 5.82. The molecule has 0 radical (unpaired) electrons. The molecule has 6 saturated heterocycles. The Kier molecular flexibility index (Phi) is 9.21. The Hall–Kier alpha value is -4.77. The maximum absolute atomic E-state index is 14.2. The number of amidine groups is 2. The molecule has 8 heterocycles. The molecule has 8 aliphatic heterocycles. The van der Waals surface area contributed by atoms with Crippen molar-refractivity contribution < 1.29 is 53.9 Å². The molecule has 4 bridgehead atoms. The van der Waals surface area contributed by atoms with Gasteiger partial charge in [-0.1, -0.05) is 25.7 Å². The number of piperidine rings is 2. The van der Waals surface area contributed by atoms with Crippen LogP contribution in [0, 0.1) is 35.5 Å². The van der Waals surface area contributed by atoms with Crippen LogP contribution < -0.4 is 14.9 Å². The van der Waals surface area contributed by atoms with Crippen LogP contribution in [0.1, 0.15) is 64.2 Å². The van der Waals surface area contributed by atoms with Crippen LogP contribution in [-0.4, -0.2) is 126 Å². The lowest BCUT2D eigenvalue weighted by molar-refractivity contribution is -0.152. The zero-order valence-electron chi connectivity index (χ0n) is 35.2. The molecule has 8 fully saturated rings. The summed E-state index contributed by atoms with van der Waals surface area (Å²) in [6.07, 6.45) is 8.24. The molecule has 2 aromatic rings. The van der Waals surface area contributed by atoms with Gasteiger partial charge in [0.2, 0.25) is 21.8 Å². The summed E-state index contributed by atoms with van der Waals surface area (Å²) in [7, 11) is -13.6. The van der Waals surface area contributed by atoms with Gasteiger partial charge in [-0.15, -0.1) is 8.80 Å². The minimum Gasteiger partial charge on any atom is -0.372 e. The minimum atomic E-state index is -4.65. The monoisotopic (exact) mass is 949 g/mol. The Bertz CT molecular complexity index is 2740. The summed E-state index contributed by atoms with van der Waals surface area (Å²) in [6.45, 7) is 0.846. The van der Waals surface area contributed by atoms with Crippen LogP contribution >= 0.6 is 0 Å². The number of anilines is 4. The number of sulfonamides is 3. The van der Waals surface area contributed by atoms with Gasteiger partial charge in [0, 0.05) is 13.1 Å². The SMILES string of the molecule is CS(=O)(=O)N(c1ccc2c(c1)S(=O)(=O)N=C(C1C(=O)C3C4CCC(O4)C3N(CCC3CC3)C1=O)N2)c1ccc2c(c1)S(=O)(=O)N=C(C1C(=O)C3C4CCC(O4)C3N(CCC3CC3)C1=O)N2. The number of ether oxygens (including phenoxy) is 2. The lowest BCUT2D eigenvalue weighted by Crippen LogP contribution is -2.63. The van der Waals surface area contributed by atoms with Crippen molar-refractivity contribution in [3.05, 3.63) is 36.4 Å². The predicted octanol–water partition coefficient (Wildman–Crippen LogP) is 2.56. The molecule has 65 heavy (non-hydrogen) atoms. The van der Waals surface area contributed by atoms with Crippen LogP contribution in [0.4, 0.5) is 22.7 Å². The van der Waals surface area contributed by atoms with Crippen LogP contribution in [-0.2, 0) is 58.7 Å².